The summed E-state index contributed by atoms with van der Waals surface area (Å²) in [4.78, 5) is 22.5. The molecule has 0 saturated carbocycles. The lowest BCUT2D eigenvalue weighted by molar-refractivity contribution is -0.299. The Morgan fingerprint density at radius 3 is 2.41 bits per heavy atom. The Morgan fingerprint density at radius 2 is 1.95 bits per heavy atom. The summed E-state index contributed by atoms with van der Waals surface area (Å²) in [6.07, 6.45) is -7.51. The van der Waals surface area contributed by atoms with Gasteiger partial charge in [-0.2, -0.15) is 0 Å². The van der Waals surface area contributed by atoms with E-state index in [1.165, 1.54) is 0 Å². The molecule has 11 heteroatoms. The number of carbonyl (C=O) groups is 2. The molecule has 0 aliphatic carbocycles. The van der Waals surface area contributed by atoms with Crippen LogP contribution in [-0.2, 0) is 19.1 Å². The van der Waals surface area contributed by atoms with E-state index in [1.807, 2.05) is 0 Å². The van der Waals surface area contributed by atoms with Crippen LogP contribution in [0.3, 0.4) is 0 Å². The zero-order valence-corrected chi connectivity index (χ0v) is 11.4. The van der Waals surface area contributed by atoms with E-state index in [2.05, 4.69) is 4.74 Å². The van der Waals surface area contributed by atoms with Gasteiger partial charge in [-0.3, -0.25) is 0 Å². The molecule has 8 N–H and O–H groups in total. The highest BCUT2D eigenvalue weighted by Crippen LogP contribution is 2.32. The number of hydrogen-bond acceptors (Lipinski definition) is 10. The molecule has 1 aliphatic heterocycles. The summed E-state index contributed by atoms with van der Waals surface area (Å²) >= 11 is 0. The topological polar surface area (TPSA) is 200 Å². The molecule has 22 heavy (non-hydrogen) atoms. The first-order chi connectivity index (χ1) is 10.2. The van der Waals surface area contributed by atoms with Gasteiger partial charge < -0.3 is 45.8 Å². The van der Waals surface area contributed by atoms with E-state index in [9.17, 15) is 30.0 Å². The van der Waals surface area contributed by atoms with Crippen molar-refractivity contribution in [3.05, 3.63) is 0 Å². The molecule has 0 amide bonds. The number of ether oxygens (including phenoxy) is 2. The number of esters is 1. The van der Waals surface area contributed by atoms with Gasteiger partial charge in [-0.1, -0.05) is 0 Å². The van der Waals surface area contributed by atoms with E-state index >= 15 is 0 Å². The van der Waals surface area contributed by atoms with Gasteiger partial charge in [0.2, 0.25) is 0 Å². The minimum Gasteiger partial charge on any atom is -0.476 e. The van der Waals surface area contributed by atoms with Gasteiger partial charge in [0.05, 0.1) is 25.2 Å². The van der Waals surface area contributed by atoms with Gasteiger partial charge in [0.15, 0.2) is 0 Å². The molecule has 0 bridgehead atoms. The molecule has 1 saturated heterocycles. The van der Waals surface area contributed by atoms with E-state index in [0.29, 0.717) is 0 Å². The molecular formula is C11H19NO10. The van der Waals surface area contributed by atoms with E-state index in [-0.39, 0.29) is 0 Å². The molecule has 128 valence electrons. The van der Waals surface area contributed by atoms with Gasteiger partial charge in [0.1, 0.15) is 24.9 Å². The van der Waals surface area contributed by atoms with E-state index in [1.54, 1.807) is 0 Å². The van der Waals surface area contributed by atoms with Crippen LogP contribution in [0.2, 0.25) is 0 Å². The number of aliphatic hydroxyl groups is 5. The Balaban J connectivity index is 3.10. The Kier molecular flexibility index (Phi) is 6.19. The molecule has 6 atom stereocenters. The predicted molar refractivity (Wildman–Crippen MR) is 66.1 cm³/mol. The summed E-state index contributed by atoms with van der Waals surface area (Å²) in [5.74, 6) is -5.81. The Bertz CT molecular complexity index is 418. The largest absolute Gasteiger partial charge is 0.476 e. The number of carboxylic acid groups (broad SMARTS) is 1. The van der Waals surface area contributed by atoms with Crippen LogP contribution < -0.4 is 5.73 Å². The number of carboxylic acids is 1. The SMILES string of the molecule is N[C@@H]1[C@@H](O)CC(OC(=O)CO)(C(=O)O)O[C@H]1C(O)C(O)CO. The summed E-state index contributed by atoms with van der Waals surface area (Å²) in [7, 11) is 0. The summed E-state index contributed by atoms with van der Waals surface area (Å²) < 4.78 is 9.54. The van der Waals surface area contributed by atoms with Crippen molar-refractivity contribution in [1.29, 1.82) is 0 Å². The zero-order chi connectivity index (χ0) is 17.1. The molecule has 3 unspecified atom stereocenters. The third-order valence-corrected chi connectivity index (χ3v) is 3.28. The van der Waals surface area contributed by atoms with Crippen molar-refractivity contribution in [3.8, 4) is 0 Å². The van der Waals surface area contributed by atoms with Gasteiger partial charge in [-0.15, -0.1) is 0 Å². The smallest absolute Gasteiger partial charge is 0.377 e. The number of rotatable bonds is 6. The second kappa shape index (κ2) is 7.28. The normalized spacial score (nSPS) is 34.7. The fourth-order valence-corrected chi connectivity index (χ4v) is 2.06. The lowest BCUT2D eigenvalue weighted by Gasteiger charge is -2.44. The van der Waals surface area contributed by atoms with Gasteiger partial charge in [-0.05, 0) is 0 Å². The number of carbonyl (C=O) groups excluding carboxylic acids is 1. The predicted octanol–water partition coefficient (Wildman–Crippen LogP) is -4.51. The van der Waals surface area contributed by atoms with E-state index in [4.69, 9.17) is 20.7 Å². The maximum atomic E-state index is 11.4. The molecule has 1 fully saturated rings. The highest BCUT2D eigenvalue weighted by atomic mass is 16.7. The quantitative estimate of drug-likeness (QED) is 0.232. The molecule has 1 aliphatic rings. The molecule has 0 spiro atoms. The summed E-state index contributed by atoms with van der Waals surface area (Å²) in [5, 5.41) is 55.7. The molecule has 0 aromatic carbocycles. The van der Waals surface area contributed by atoms with Crippen LogP contribution in [0.1, 0.15) is 6.42 Å². The van der Waals surface area contributed by atoms with Crippen LogP contribution in [0.5, 0.6) is 0 Å². The summed E-state index contributed by atoms with van der Waals surface area (Å²) in [6.45, 7) is -2.01. The first-order valence-electron chi connectivity index (χ1n) is 6.33. The Labute approximate surface area is 124 Å². The van der Waals surface area contributed by atoms with Crippen molar-refractivity contribution >= 4 is 11.9 Å². The summed E-state index contributed by atoms with van der Waals surface area (Å²) in [6, 6.07) is -1.31. The van der Waals surface area contributed by atoms with Gasteiger partial charge in [0.25, 0.3) is 0 Å². The fourth-order valence-electron chi connectivity index (χ4n) is 2.06. The molecule has 0 aromatic rings. The Morgan fingerprint density at radius 1 is 1.36 bits per heavy atom. The van der Waals surface area contributed by atoms with Crippen molar-refractivity contribution < 1.29 is 49.7 Å². The molecule has 1 rings (SSSR count). The fraction of sp³-hybridized carbons (Fsp3) is 0.818. The van der Waals surface area contributed by atoms with Gasteiger partial charge in [-0.25, -0.2) is 9.59 Å². The number of nitrogens with two attached hydrogens (primary N) is 1. The molecule has 0 aromatic heterocycles. The van der Waals surface area contributed by atoms with Crippen LogP contribution in [0.15, 0.2) is 0 Å². The van der Waals surface area contributed by atoms with Crippen LogP contribution in [0.4, 0.5) is 0 Å². The van der Waals surface area contributed by atoms with Crippen molar-refractivity contribution in [2.24, 2.45) is 5.73 Å². The van der Waals surface area contributed by atoms with Crippen molar-refractivity contribution in [3.63, 3.8) is 0 Å². The maximum Gasteiger partial charge on any atom is 0.377 e. The van der Waals surface area contributed by atoms with Gasteiger partial charge >= 0.3 is 17.7 Å². The summed E-state index contributed by atoms with van der Waals surface area (Å²) in [5.41, 5.74) is 5.59. The standard InChI is InChI=1S/C11H19NO10/c12-7-4(15)1-11(10(19)20,21-6(17)3-14)22-9(7)8(18)5(16)2-13/h4-5,7-9,13-16,18H,1-3,12H2,(H,19,20)/t4-,5?,7+,8?,9+,11?/m0/s1. The highest BCUT2D eigenvalue weighted by molar-refractivity contribution is 5.81. The maximum absolute atomic E-state index is 11.4. The lowest BCUT2D eigenvalue weighted by Crippen LogP contribution is -2.66. The first kappa shape index (κ1) is 18.7. The monoisotopic (exact) mass is 325 g/mol. The van der Waals surface area contributed by atoms with E-state index < -0.39 is 67.8 Å². The Hall–Kier alpha value is -1.34. The van der Waals surface area contributed by atoms with Crippen molar-refractivity contribution in [2.75, 3.05) is 13.2 Å². The number of aliphatic carboxylic acids is 1. The third kappa shape index (κ3) is 3.70. The first-order valence-corrected chi connectivity index (χ1v) is 6.33. The molecule has 1 heterocycles. The average Bonchev–Trinajstić information content (AvgIpc) is 2.48. The zero-order valence-electron chi connectivity index (χ0n) is 11.4. The van der Waals surface area contributed by atoms with Crippen LogP contribution in [0, 0.1) is 0 Å². The second-order valence-electron chi connectivity index (χ2n) is 4.86. The minimum atomic E-state index is -2.68. The van der Waals surface area contributed by atoms with E-state index in [0.717, 1.165) is 0 Å². The van der Waals surface area contributed by atoms with Crippen molar-refractivity contribution in [1.82, 2.24) is 0 Å². The number of hydrogen-bond donors (Lipinski definition) is 7. The minimum absolute atomic E-state index is 0.742. The lowest BCUT2D eigenvalue weighted by atomic mass is 9.89. The third-order valence-electron chi connectivity index (χ3n) is 3.28. The molecule has 0 radical (unpaired) electrons. The molecular weight excluding hydrogens is 306 g/mol. The second-order valence-corrected chi connectivity index (χ2v) is 4.86. The highest BCUT2D eigenvalue weighted by Gasteiger charge is 2.56. The molecule has 11 nitrogen and oxygen atoms in total. The van der Waals surface area contributed by atoms with Crippen LogP contribution in [0.25, 0.3) is 0 Å². The number of aliphatic hydroxyl groups excluding tert-OH is 5. The van der Waals surface area contributed by atoms with Crippen LogP contribution in [-0.4, -0.2) is 92.0 Å². The van der Waals surface area contributed by atoms with Crippen LogP contribution >= 0.6 is 0 Å². The van der Waals surface area contributed by atoms with Crippen molar-refractivity contribution in [2.45, 2.75) is 42.7 Å². The van der Waals surface area contributed by atoms with Gasteiger partial charge in [0, 0.05) is 0 Å². The average molecular weight is 325 g/mol.